The Morgan fingerprint density at radius 3 is 2.67 bits per heavy atom. The van der Waals surface area contributed by atoms with Crippen LogP contribution in [0, 0.1) is 0 Å². The zero-order valence-electron chi connectivity index (χ0n) is 9.65. The summed E-state index contributed by atoms with van der Waals surface area (Å²) in [6.45, 7) is 1.96. The standard InChI is InChI=1S/C11H11F3N4/c1-2-3-9-15-6-7-18(9)10-16-5-4-8(17-10)11(12,13)14/h4-7H,2-3H2,1H3. The Kier molecular flexibility index (Phi) is 3.31. The van der Waals surface area contributed by atoms with Crippen LogP contribution in [0.2, 0.25) is 0 Å². The number of aromatic nitrogens is 4. The lowest BCUT2D eigenvalue weighted by molar-refractivity contribution is -0.141. The summed E-state index contributed by atoms with van der Waals surface area (Å²) in [5.41, 5.74) is -0.955. The molecule has 0 aliphatic carbocycles. The largest absolute Gasteiger partial charge is 0.433 e. The van der Waals surface area contributed by atoms with Crippen molar-refractivity contribution in [2.45, 2.75) is 25.9 Å². The average molecular weight is 256 g/mol. The van der Waals surface area contributed by atoms with Crippen LogP contribution in [0.15, 0.2) is 24.7 Å². The second-order valence-electron chi connectivity index (χ2n) is 3.70. The molecule has 4 nitrogen and oxygen atoms in total. The second kappa shape index (κ2) is 4.75. The topological polar surface area (TPSA) is 43.6 Å². The van der Waals surface area contributed by atoms with Crippen molar-refractivity contribution >= 4 is 0 Å². The quantitative estimate of drug-likeness (QED) is 0.847. The van der Waals surface area contributed by atoms with Gasteiger partial charge >= 0.3 is 6.18 Å². The van der Waals surface area contributed by atoms with E-state index in [4.69, 9.17) is 0 Å². The molecule has 0 unspecified atom stereocenters. The minimum Gasteiger partial charge on any atom is -0.272 e. The van der Waals surface area contributed by atoms with Gasteiger partial charge in [-0.25, -0.2) is 15.0 Å². The Morgan fingerprint density at radius 1 is 1.22 bits per heavy atom. The zero-order chi connectivity index (χ0) is 13.2. The van der Waals surface area contributed by atoms with Crippen LogP contribution in [0.1, 0.15) is 24.9 Å². The van der Waals surface area contributed by atoms with Crippen LogP contribution in [-0.2, 0) is 12.6 Å². The molecule has 0 fully saturated rings. The number of imidazole rings is 1. The lowest BCUT2D eigenvalue weighted by Crippen LogP contribution is -2.12. The van der Waals surface area contributed by atoms with Gasteiger partial charge in [-0.2, -0.15) is 13.2 Å². The molecule has 7 heteroatoms. The van der Waals surface area contributed by atoms with E-state index < -0.39 is 11.9 Å². The maximum Gasteiger partial charge on any atom is 0.433 e. The SMILES string of the molecule is CCCc1nccn1-c1nccc(C(F)(F)F)n1. The summed E-state index contributed by atoms with van der Waals surface area (Å²) < 4.78 is 39.1. The van der Waals surface area contributed by atoms with Gasteiger partial charge in [0.25, 0.3) is 0 Å². The third kappa shape index (κ3) is 2.49. The van der Waals surface area contributed by atoms with Gasteiger partial charge in [-0.1, -0.05) is 6.92 Å². The monoisotopic (exact) mass is 256 g/mol. The van der Waals surface area contributed by atoms with Crippen LogP contribution in [0.4, 0.5) is 13.2 Å². The van der Waals surface area contributed by atoms with Crippen molar-refractivity contribution < 1.29 is 13.2 Å². The van der Waals surface area contributed by atoms with E-state index in [0.29, 0.717) is 12.2 Å². The van der Waals surface area contributed by atoms with Crippen molar-refractivity contribution in [1.29, 1.82) is 0 Å². The highest BCUT2D eigenvalue weighted by Crippen LogP contribution is 2.27. The maximum atomic E-state index is 12.5. The lowest BCUT2D eigenvalue weighted by atomic mass is 10.3. The fourth-order valence-electron chi connectivity index (χ4n) is 1.55. The molecule has 0 radical (unpaired) electrons. The summed E-state index contributed by atoms with van der Waals surface area (Å²) in [6, 6.07) is 0.847. The maximum absolute atomic E-state index is 12.5. The number of rotatable bonds is 3. The highest BCUT2D eigenvalue weighted by Gasteiger charge is 2.33. The molecule has 0 N–H and O–H groups in total. The Labute approximate surface area is 102 Å². The number of nitrogens with zero attached hydrogens (tertiary/aromatic N) is 4. The molecule has 96 valence electrons. The molecule has 0 saturated heterocycles. The van der Waals surface area contributed by atoms with E-state index in [1.165, 1.54) is 10.8 Å². The van der Waals surface area contributed by atoms with Crippen molar-refractivity contribution in [3.63, 3.8) is 0 Å². The van der Waals surface area contributed by atoms with Crippen LogP contribution in [-0.4, -0.2) is 19.5 Å². The van der Waals surface area contributed by atoms with E-state index in [2.05, 4.69) is 15.0 Å². The first kappa shape index (κ1) is 12.5. The Hall–Kier alpha value is -1.92. The molecule has 0 bridgehead atoms. The van der Waals surface area contributed by atoms with Gasteiger partial charge in [0.2, 0.25) is 5.95 Å². The first-order chi connectivity index (χ1) is 8.52. The number of hydrogen-bond donors (Lipinski definition) is 0. The summed E-state index contributed by atoms with van der Waals surface area (Å²) >= 11 is 0. The van der Waals surface area contributed by atoms with Crippen LogP contribution in [0.25, 0.3) is 5.95 Å². The first-order valence-corrected chi connectivity index (χ1v) is 5.45. The molecule has 0 spiro atoms. The molecule has 0 aliphatic rings. The summed E-state index contributed by atoms with van der Waals surface area (Å²) in [7, 11) is 0. The van der Waals surface area contributed by atoms with Crippen molar-refractivity contribution in [3.05, 3.63) is 36.2 Å². The highest BCUT2D eigenvalue weighted by molar-refractivity contribution is 5.19. The number of aryl methyl sites for hydroxylation is 1. The molecule has 0 atom stereocenters. The molecule has 2 heterocycles. The third-order valence-electron chi connectivity index (χ3n) is 2.34. The van der Waals surface area contributed by atoms with Gasteiger partial charge in [-0.15, -0.1) is 0 Å². The fourth-order valence-corrected chi connectivity index (χ4v) is 1.55. The minimum absolute atomic E-state index is 0.00854. The Bertz CT molecular complexity index is 533. The summed E-state index contributed by atoms with van der Waals surface area (Å²) in [5, 5.41) is 0. The predicted molar refractivity (Wildman–Crippen MR) is 58.2 cm³/mol. The molecule has 0 amide bonds. The summed E-state index contributed by atoms with van der Waals surface area (Å²) in [6.07, 6.45) is 1.21. The van der Waals surface area contributed by atoms with Crippen LogP contribution in [0.3, 0.4) is 0 Å². The van der Waals surface area contributed by atoms with E-state index in [9.17, 15) is 13.2 Å². The van der Waals surface area contributed by atoms with Gasteiger partial charge in [-0.3, -0.25) is 4.57 Å². The van der Waals surface area contributed by atoms with Crippen molar-refractivity contribution in [1.82, 2.24) is 19.5 Å². The first-order valence-electron chi connectivity index (χ1n) is 5.45. The minimum atomic E-state index is -4.47. The Morgan fingerprint density at radius 2 is 2.00 bits per heavy atom. The molecule has 18 heavy (non-hydrogen) atoms. The van der Waals surface area contributed by atoms with Crippen molar-refractivity contribution in [2.24, 2.45) is 0 Å². The number of halogens is 3. The van der Waals surface area contributed by atoms with E-state index in [1.54, 1.807) is 6.20 Å². The fraction of sp³-hybridized carbons (Fsp3) is 0.364. The van der Waals surface area contributed by atoms with Gasteiger partial charge in [0.1, 0.15) is 11.5 Å². The van der Waals surface area contributed by atoms with Gasteiger partial charge in [0.15, 0.2) is 0 Å². The second-order valence-corrected chi connectivity index (χ2v) is 3.70. The van der Waals surface area contributed by atoms with Gasteiger partial charge in [0.05, 0.1) is 0 Å². The van der Waals surface area contributed by atoms with Crippen LogP contribution < -0.4 is 0 Å². The summed E-state index contributed by atoms with van der Waals surface area (Å²) in [4.78, 5) is 11.4. The van der Waals surface area contributed by atoms with E-state index >= 15 is 0 Å². The lowest BCUT2D eigenvalue weighted by Gasteiger charge is -2.08. The third-order valence-corrected chi connectivity index (χ3v) is 2.34. The smallest absolute Gasteiger partial charge is 0.272 e. The van der Waals surface area contributed by atoms with Crippen LogP contribution >= 0.6 is 0 Å². The molecular weight excluding hydrogens is 245 g/mol. The normalized spacial score (nSPS) is 11.8. The molecule has 0 saturated carbocycles. The zero-order valence-corrected chi connectivity index (χ0v) is 9.65. The van der Waals surface area contributed by atoms with E-state index in [-0.39, 0.29) is 5.95 Å². The average Bonchev–Trinajstić information content (AvgIpc) is 2.77. The molecule has 0 aromatic carbocycles. The van der Waals surface area contributed by atoms with Gasteiger partial charge in [0, 0.05) is 25.0 Å². The summed E-state index contributed by atoms with van der Waals surface area (Å²) in [5.74, 6) is 0.641. The van der Waals surface area contributed by atoms with E-state index in [1.807, 2.05) is 6.92 Å². The molecule has 2 rings (SSSR count). The predicted octanol–water partition coefficient (Wildman–Crippen LogP) is 2.63. The highest BCUT2D eigenvalue weighted by atomic mass is 19.4. The van der Waals surface area contributed by atoms with Gasteiger partial charge in [-0.05, 0) is 12.5 Å². The number of alkyl halides is 3. The van der Waals surface area contributed by atoms with E-state index in [0.717, 1.165) is 18.7 Å². The van der Waals surface area contributed by atoms with Crippen LogP contribution in [0.5, 0.6) is 0 Å². The van der Waals surface area contributed by atoms with Crippen molar-refractivity contribution in [2.75, 3.05) is 0 Å². The molecular formula is C11H11F3N4. The Balaban J connectivity index is 2.42. The van der Waals surface area contributed by atoms with Gasteiger partial charge < -0.3 is 0 Å². The molecule has 0 aliphatic heterocycles. The number of hydrogen-bond acceptors (Lipinski definition) is 3. The molecule has 2 aromatic rings. The van der Waals surface area contributed by atoms with Crippen molar-refractivity contribution in [3.8, 4) is 5.95 Å². The molecule has 2 aromatic heterocycles.